The molecule has 2 aliphatic rings. The number of thioether (sulfide) groups is 1. The maximum absolute atomic E-state index is 12.7. The van der Waals surface area contributed by atoms with Crippen LogP contribution in [0.5, 0.6) is 5.75 Å². The first-order valence-corrected chi connectivity index (χ1v) is 10.9. The highest BCUT2D eigenvalue weighted by Gasteiger charge is 2.36. The molecule has 0 unspecified atom stereocenters. The second kappa shape index (κ2) is 8.18. The van der Waals surface area contributed by atoms with Gasteiger partial charge in [-0.1, -0.05) is 53.7 Å². The lowest BCUT2D eigenvalue weighted by molar-refractivity contribution is -0.114. The molecule has 6 nitrogen and oxygen atoms in total. The van der Waals surface area contributed by atoms with Crippen LogP contribution < -0.4 is 4.74 Å². The lowest BCUT2D eigenvalue weighted by Crippen LogP contribution is -2.37. The first-order chi connectivity index (χ1) is 15.5. The van der Waals surface area contributed by atoms with Crippen molar-refractivity contribution in [2.24, 2.45) is 4.99 Å². The molecule has 0 spiro atoms. The first kappa shape index (κ1) is 20.4. The van der Waals surface area contributed by atoms with Gasteiger partial charge < -0.3 is 9.15 Å². The molecule has 3 aromatic rings. The summed E-state index contributed by atoms with van der Waals surface area (Å²) in [6.07, 6.45) is 1.55. The number of aliphatic imine (C=N–C) groups is 1. The Morgan fingerprint density at radius 3 is 2.69 bits per heavy atom. The van der Waals surface area contributed by atoms with E-state index in [2.05, 4.69) is 4.99 Å². The van der Waals surface area contributed by atoms with Crippen LogP contribution in [0.1, 0.15) is 11.3 Å². The summed E-state index contributed by atoms with van der Waals surface area (Å²) in [5.41, 5.74) is 2.69. The fraction of sp³-hybridized carbons (Fsp3) is 0.0417. The number of furan rings is 1. The SMILES string of the molecule is COc1ccc(-c2ccc(C=C3C(=N)N4C(c5ccccc5)=CSC4=NC3=O)o2)cc1Cl. The van der Waals surface area contributed by atoms with Gasteiger partial charge in [-0.25, -0.2) is 0 Å². The quantitative estimate of drug-likeness (QED) is 0.488. The number of methoxy groups -OCH3 is 1. The highest BCUT2D eigenvalue weighted by molar-refractivity contribution is 8.17. The molecule has 32 heavy (non-hydrogen) atoms. The molecule has 0 atom stereocenters. The Bertz CT molecular complexity index is 1340. The molecular formula is C24H16ClN3O3S. The van der Waals surface area contributed by atoms with Crippen LogP contribution in [0.25, 0.3) is 23.1 Å². The van der Waals surface area contributed by atoms with Crippen molar-refractivity contribution in [1.82, 2.24) is 4.90 Å². The summed E-state index contributed by atoms with van der Waals surface area (Å²) < 4.78 is 11.1. The molecular weight excluding hydrogens is 446 g/mol. The number of nitrogens with zero attached hydrogens (tertiary/aromatic N) is 2. The number of hydrogen-bond donors (Lipinski definition) is 1. The van der Waals surface area contributed by atoms with Gasteiger partial charge in [0, 0.05) is 11.0 Å². The van der Waals surface area contributed by atoms with E-state index in [4.69, 9.17) is 26.2 Å². The number of amides is 1. The Labute approximate surface area is 193 Å². The minimum atomic E-state index is -0.470. The van der Waals surface area contributed by atoms with E-state index >= 15 is 0 Å². The minimum Gasteiger partial charge on any atom is -0.495 e. The Morgan fingerprint density at radius 2 is 1.94 bits per heavy atom. The molecule has 3 heterocycles. The standard InChI is InChI=1S/C24H16ClN3O3S/c1-30-21-9-7-15(11-18(21)25)20-10-8-16(31-20)12-17-22(26)28-19(14-5-3-2-4-6-14)13-32-24(28)27-23(17)29/h2-13,26H,1H3. The fourth-order valence-electron chi connectivity index (χ4n) is 3.46. The Morgan fingerprint density at radius 1 is 1.12 bits per heavy atom. The van der Waals surface area contributed by atoms with E-state index < -0.39 is 5.91 Å². The smallest absolute Gasteiger partial charge is 0.283 e. The summed E-state index contributed by atoms with van der Waals surface area (Å²) >= 11 is 7.55. The molecule has 0 bridgehead atoms. The minimum absolute atomic E-state index is 0.0607. The Hall–Kier alpha value is -3.55. The van der Waals surface area contributed by atoms with Crippen LogP contribution in [0.15, 0.2) is 81.1 Å². The number of ether oxygens (including phenoxy) is 1. The van der Waals surface area contributed by atoms with Gasteiger partial charge in [0.25, 0.3) is 5.91 Å². The summed E-state index contributed by atoms with van der Waals surface area (Å²) in [5.74, 6) is 1.19. The maximum atomic E-state index is 12.7. The molecule has 0 fully saturated rings. The molecule has 2 aliphatic heterocycles. The normalized spacial score (nSPS) is 16.8. The lowest BCUT2D eigenvalue weighted by Gasteiger charge is -2.26. The number of halogens is 1. The van der Waals surface area contributed by atoms with Crippen molar-refractivity contribution < 1.29 is 13.9 Å². The van der Waals surface area contributed by atoms with E-state index in [1.165, 1.54) is 11.8 Å². The van der Waals surface area contributed by atoms with Crippen molar-refractivity contribution in [3.63, 3.8) is 0 Å². The fourth-order valence-corrected chi connectivity index (χ4v) is 4.61. The van der Waals surface area contributed by atoms with Crippen LogP contribution in [-0.4, -0.2) is 28.9 Å². The summed E-state index contributed by atoms with van der Waals surface area (Å²) in [4.78, 5) is 18.5. The van der Waals surface area contributed by atoms with Gasteiger partial charge in [0.1, 0.15) is 23.1 Å². The number of carbonyl (C=O) groups excluding carboxylic acids is 1. The van der Waals surface area contributed by atoms with Crippen molar-refractivity contribution in [2.45, 2.75) is 0 Å². The van der Waals surface area contributed by atoms with Crippen LogP contribution in [0.2, 0.25) is 5.02 Å². The Balaban J connectivity index is 1.46. The predicted molar refractivity (Wildman–Crippen MR) is 128 cm³/mol. The third-order valence-corrected chi connectivity index (χ3v) is 6.15. The number of benzene rings is 2. The van der Waals surface area contributed by atoms with Crippen LogP contribution >= 0.6 is 23.4 Å². The molecule has 1 N–H and O–H groups in total. The van der Waals surface area contributed by atoms with Gasteiger partial charge in [-0.2, -0.15) is 4.99 Å². The van der Waals surface area contributed by atoms with Crippen molar-refractivity contribution in [1.29, 1.82) is 5.41 Å². The van der Waals surface area contributed by atoms with Crippen LogP contribution in [0.3, 0.4) is 0 Å². The number of carbonyl (C=O) groups is 1. The van der Waals surface area contributed by atoms with Gasteiger partial charge in [0.2, 0.25) is 0 Å². The van der Waals surface area contributed by atoms with Crippen LogP contribution in [0.4, 0.5) is 0 Å². The number of fused-ring (bicyclic) bond motifs is 1. The zero-order chi connectivity index (χ0) is 22.2. The van der Waals surface area contributed by atoms with E-state index in [0.29, 0.717) is 27.5 Å². The van der Waals surface area contributed by atoms with Gasteiger partial charge in [-0.3, -0.25) is 15.1 Å². The van der Waals surface area contributed by atoms with Gasteiger partial charge in [0.05, 0.1) is 23.4 Å². The average Bonchev–Trinajstić information content (AvgIpc) is 3.44. The number of hydrogen-bond acceptors (Lipinski definition) is 5. The van der Waals surface area contributed by atoms with E-state index in [9.17, 15) is 4.79 Å². The van der Waals surface area contributed by atoms with Crippen molar-refractivity contribution in [2.75, 3.05) is 7.11 Å². The maximum Gasteiger partial charge on any atom is 0.283 e. The molecule has 1 amide bonds. The van der Waals surface area contributed by atoms with Crippen LogP contribution in [0, 0.1) is 5.41 Å². The molecule has 0 radical (unpaired) electrons. The van der Waals surface area contributed by atoms with Crippen molar-refractivity contribution >= 4 is 52.0 Å². The molecule has 0 saturated carbocycles. The van der Waals surface area contributed by atoms with Crippen LogP contribution in [-0.2, 0) is 4.79 Å². The van der Waals surface area contributed by atoms with Crippen molar-refractivity contribution in [3.05, 3.63) is 88.0 Å². The summed E-state index contributed by atoms with van der Waals surface area (Å²) in [6.45, 7) is 0. The molecule has 158 valence electrons. The Kier molecular flexibility index (Phi) is 5.20. The monoisotopic (exact) mass is 461 g/mol. The first-order valence-electron chi connectivity index (χ1n) is 9.65. The number of amidine groups is 2. The molecule has 1 aromatic heterocycles. The molecule has 2 aromatic carbocycles. The third-order valence-electron chi connectivity index (χ3n) is 5.03. The topological polar surface area (TPSA) is 78.9 Å². The van der Waals surface area contributed by atoms with Gasteiger partial charge in [-0.05, 0) is 42.0 Å². The summed E-state index contributed by atoms with van der Waals surface area (Å²) in [6, 6.07) is 18.6. The number of nitrogens with one attached hydrogen (secondary N) is 1. The van der Waals surface area contributed by atoms with E-state index in [1.807, 2.05) is 41.8 Å². The molecule has 0 aliphatic carbocycles. The van der Waals surface area contributed by atoms with E-state index in [0.717, 1.165) is 16.8 Å². The predicted octanol–water partition coefficient (Wildman–Crippen LogP) is 5.91. The van der Waals surface area contributed by atoms with E-state index in [1.54, 1.807) is 42.4 Å². The molecule has 5 rings (SSSR count). The van der Waals surface area contributed by atoms with Gasteiger partial charge in [0.15, 0.2) is 5.17 Å². The molecule has 0 saturated heterocycles. The van der Waals surface area contributed by atoms with Crippen molar-refractivity contribution in [3.8, 4) is 17.1 Å². The highest BCUT2D eigenvalue weighted by Crippen LogP contribution is 2.37. The average molecular weight is 462 g/mol. The van der Waals surface area contributed by atoms with Gasteiger partial charge in [-0.15, -0.1) is 0 Å². The summed E-state index contributed by atoms with van der Waals surface area (Å²) in [7, 11) is 1.55. The number of rotatable bonds is 4. The second-order valence-electron chi connectivity index (χ2n) is 6.98. The summed E-state index contributed by atoms with van der Waals surface area (Å²) in [5, 5.41) is 11.6. The highest BCUT2D eigenvalue weighted by atomic mass is 35.5. The molecule has 8 heteroatoms. The van der Waals surface area contributed by atoms with Gasteiger partial charge >= 0.3 is 0 Å². The lowest BCUT2D eigenvalue weighted by atomic mass is 10.1. The third kappa shape index (κ3) is 3.55. The zero-order valence-corrected chi connectivity index (χ0v) is 18.4. The largest absolute Gasteiger partial charge is 0.495 e. The van der Waals surface area contributed by atoms with E-state index in [-0.39, 0.29) is 11.4 Å². The second-order valence-corrected chi connectivity index (χ2v) is 8.22. The zero-order valence-electron chi connectivity index (χ0n) is 16.8.